The Bertz CT molecular complexity index is 604. The molecule has 7 nitrogen and oxygen atoms in total. The zero-order valence-electron chi connectivity index (χ0n) is 13.1. The van der Waals surface area contributed by atoms with Crippen molar-refractivity contribution >= 4 is 29.1 Å². The van der Waals surface area contributed by atoms with Crippen LogP contribution in [-0.2, 0) is 14.4 Å². The van der Waals surface area contributed by atoms with Crippen molar-refractivity contribution in [3.05, 3.63) is 16.6 Å². The topological polar surface area (TPSA) is 73.8 Å². The van der Waals surface area contributed by atoms with Crippen molar-refractivity contribution in [1.82, 2.24) is 19.7 Å². The second kappa shape index (κ2) is 6.66. The maximum Gasteiger partial charge on any atom is 0.312 e. The second-order valence-corrected chi connectivity index (χ2v) is 6.65. The normalized spacial score (nSPS) is 22.1. The summed E-state index contributed by atoms with van der Waals surface area (Å²) in [5, 5.41) is 2.84. The zero-order chi connectivity index (χ0) is 16.4. The fourth-order valence-electron chi connectivity index (χ4n) is 3.14. The third-order valence-electron chi connectivity index (χ3n) is 4.41. The first kappa shape index (κ1) is 15.9. The smallest absolute Gasteiger partial charge is 0.312 e. The Morgan fingerprint density at radius 3 is 2.70 bits per heavy atom. The molecule has 3 heterocycles. The van der Waals surface area contributed by atoms with Gasteiger partial charge in [-0.2, -0.15) is 0 Å². The molecular weight excluding hydrogens is 316 g/mol. The summed E-state index contributed by atoms with van der Waals surface area (Å²) in [6, 6.07) is 0.00485. The molecule has 124 valence electrons. The van der Waals surface area contributed by atoms with Gasteiger partial charge in [0.25, 0.3) is 0 Å². The van der Waals surface area contributed by atoms with Gasteiger partial charge in [0.05, 0.1) is 6.04 Å². The van der Waals surface area contributed by atoms with E-state index in [2.05, 4.69) is 4.98 Å². The van der Waals surface area contributed by atoms with E-state index in [0.717, 1.165) is 17.8 Å². The number of hydrogen-bond acceptors (Lipinski definition) is 5. The van der Waals surface area contributed by atoms with E-state index in [1.807, 2.05) is 12.3 Å². The number of rotatable bonds is 4. The SMILES string of the molecule is CCN1CCN(CC(=O)N2CCC[C@@H]2c2nccs2)C(=O)C1=O. The average Bonchev–Trinajstić information content (AvgIpc) is 3.22. The van der Waals surface area contributed by atoms with Crippen LogP contribution < -0.4 is 0 Å². The van der Waals surface area contributed by atoms with Gasteiger partial charge in [0.2, 0.25) is 5.91 Å². The number of aromatic nitrogens is 1. The number of carbonyl (C=O) groups excluding carboxylic acids is 3. The van der Waals surface area contributed by atoms with Crippen LogP contribution in [0.25, 0.3) is 0 Å². The van der Waals surface area contributed by atoms with Gasteiger partial charge in [-0.3, -0.25) is 14.4 Å². The summed E-state index contributed by atoms with van der Waals surface area (Å²) in [5.41, 5.74) is 0. The molecule has 1 aromatic rings. The molecule has 23 heavy (non-hydrogen) atoms. The van der Waals surface area contributed by atoms with Crippen LogP contribution >= 0.6 is 11.3 Å². The lowest BCUT2D eigenvalue weighted by Gasteiger charge is -2.34. The highest BCUT2D eigenvalue weighted by Crippen LogP contribution is 2.33. The first-order valence-corrected chi connectivity index (χ1v) is 8.76. The van der Waals surface area contributed by atoms with Crippen LogP contribution in [0.5, 0.6) is 0 Å². The van der Waals surface area contributed by atoms with E-state index in [9.17, 15) is 14.4 Å². The lowest BCUT2D eigenvalue weighted by Crippen LogP contribution is -2.56. The maximum absolute atomic E-state index is 12.6. The van der Waals surface area contributed by atoms with Crippen LogP contribution in [0.3, 0.4) is 0 Å². The lowest BCUT2D eigenvalue weighted by atomic mass is 10.2. The molecular formula is C15H20N4O3S. The van der Waals surface area contributed by atoms with Gasteiger partial charge in [0.15, 0.2) is 0 Å². The van der Waals surface area contributed by atoms with Crippen molar-refractivity contribution in [3.63, 3.8) is 0 Å². The lowest BCUT2D eigenvalue weighted by molar-refractivity contribution is -0.157. The van der Waals surface area contributed by atoms with Crippen molar-refractivity contribution in [2.45, 2.75) is 25.8 Å². The van der Waals surface area contributed by atoms with Crippen molar-refractivity contribution in [1.29, 1.82) is 0 Å². The Morgan fingerprint density at radius 2 is 2.00 bits per heavy atom. The summed E-state index contributed by atoms with van der Waals surface area (Å²) in [6.45, 7) is 3.92. The molecule has 2 aliphatic rings. The summed E-state index contributed by atoms with van der Waals surface area (Å²) < 4.78 is 0. The summed E-state index contributed by atoms with van der Waals surface area (Å²) in [6.07, 6.45) is 3.58. The minimum absolute atomic E-state index is 0.00485. The molecule has 0 radical (unpaired) electrons. The molecule has 1 atom stereocenters. The molecule has 0 N–H and O–H groups in total. The van der Waals surface area contributed by atoms with E-state index in [1.54, 1.807) is 22.4 Å². The molecule has 3 rings (SSSR count). The van der Waals surface area contributed by atoms with Gasteiger partial charge in [-0.05, 0) is 19.8 Å². The predicted molar refractivity (Wildman–Crippen MR) is 84.6 cm³/mol. The monoisotopic (exact) mass is 336 g/mol. The molecule has 0 unspecified atom stereocenters. The van der Waals surface area contributed by atoms with Crippen molar-refractivity contribution in [2.75, 3.05) is 32.7 Å². The number of thiazole rings is 1. The quantitative estimate of drug-likeness (QED) is 0.751. The number of likely N-dealkylation sites (N-methyl/N-ethyl adjacent to an activating group) is 1. The Morgan fingerprint density at radius 1 is 1.26 bits per heavy atom. The van der Waals surface area contributed by atoms with Crippen LogP contribution in [0.4, 0.5) is 0 Å². The van der Waals surface area contributed by atoms with Gasteiger partial charge in [-0.25, -0.2) is 4.98 Å². The molecule has 2 fully saturated rings. The standard InChI is InChI=1S/C15H20N4O3S/c1-2-17-7-8-18(15(22)14(17)21)10-12(20)19-6-3-4-11(19)13-16-5-9-23-13/h5,9,11H,2-4,6-8,10H2,1H3/t11-/m1/s1. The molecule has 8 heteroatoms. The van der Waals surface area contributed by atoms with Crippen molar-refractivity contribution < 1.29 is 14.4 Å². The number of piperazine rings is 1. The Balaban J connectivity index is 1.65. The van der Waals surface area contributed by atoms with Crippen LogP contribution in [-0.4, -0.2) is 70.1 Å². The summed E-state index contributed by atoms with van der Waals surface area (Å²) in [7, 11) is 0. The van der Waals surface area contributed by atoms with Crippen LogP contribution in [0.2, 0.25) is 0 Å². The molecule has 2 saturated heterocycles. The third-order valence-corrected chi connectivity index (χ3v) is 5.29. The second-order valence-electron chi connectivity index (χ2n) is 5.73. The van der Waals surface area contributed by atoms with Gasteiger partial charge in [-0.15, -0.1) is 11.3 Å². The summed E-state index contributed by atoms with van der Waals surface area (Å²) in [5.74, 6) is -1.19. The van der Waals surface area contributed by atoms with Crippen LogP contribution in [0, 0.1) is 0 Å². The molecule has 2 aliphatic heterocycles. The van der Waals surface area contributed by atoms with Crippen LogP contribution in [0.1, 0.15) is 30.8 Å². The molecule has 0 spiro atoms. The Hall–Kier alpha value is -1.96. The molecule has 0 aromatic carbocycles. The molecule has 0 saturated carbocycles. The van der Waals surface area contributed by atoms with Gasteiger partial charge in [0, 0.05) is 37.8 Å². The van der Waals surface area contributed by atoms with Gasteiger partial charge < -0.3 is 14.7 Å². The van der Waals surface area contributed by atoms with E-state index in [4.69, 9.17) is 0 Å². The first-order valence-electron chi connectivity index (χ1n) is 7.89. The predicted octanol–water partition coefficient (Wildman–Crippen LogP) is 0.497. The van der Waals surface area contributed by atoms with E-state index >= 15 is 0 Å². The number of carbonyl (C=O) groups is 3. The highest BCUT2D eigenvalue weighted by atomic mass is 32.1. The van der Waals surface area contributed by atoms with Crippen LogP contribution in [0.15, 0.2) is 11.6 Å². The zero-order valence-corrected chi connectivity index (χ0v) is 13.9. The van der Waals surface area contributed by atoms with Crippen molar-refractivity contribution in [3.8, 4) is 0 Å². The fraction of sp³-hybridized carbons (Fsp3) is 0.600. The highest BCUT2D eigenvalue weighted by molar-refractivity contribution is 7.09. The minimum atomic E-state index is -0.573. The number of nitrogens with zero attached hydrogens (tertiary/aromatic N) is 4. The average molecular weight is 336 g/mol. The molecule has 3 amide bonds. The maximum atomic E-state index is 12.6. The van der Waals surface area contributed by atoms with E-state index in [0.29, 0.717) is 26.2 Å². The molecule has 0 bridgehead atoms. The van der Waals surface area contributed by atoms with Gasteiger partial charge in [-0.1, -0.05) is 0 Å². The van der Waals surface area contributed by atoms with E-state index in [-0.39, 0.29) is 18.5 Å². The molecule has 0 aliphatic carbocycles. The van der Waals surface area contributed by atoms with E-state index < -0.39 is 11.8 Å². The first-order chi connectivity index (χ1) is 11.1. The summed E-state index contributed by atoms with van der Waals surface area (Å²) in [4.78, 5) is 45.6. The third kappa shape index (κ3) is 3.08. The highest BCUT2D eigenvalue weighted by Gasteiger charge is 2.36. The number of amides is 3. The van der Waals surface area contributed by atoms with E-state index in [1.165, 1.54) is 9.80 Å². The fourth-order valence-corrected chi connectivity index (χ4v) is 3.93. The largest absolute Gasteiger partial charge is 0.333 e. The minimum Gasteiger partial charge on any atom is -0.333 e. The Labute approximate surface area is 138 Å². The van der Waals surface area contributed by atoms with Gasteiger partial charge in [0.1, 0.15) is 11.6 Å². The van der Waals surface area contributed by atoms with Gasteiger partial charge >= 0.3 is 11.8 Å². The summed E-state index contributed by atoms with van der Waals surface area (Å²) >= 11 is 1.55. The number of hydrogen-bond donors (Lipinski definition) is 0. The molecule has 1 aromatic heterocycles. The van der Waals surface area contributed by atoms with Crippen molar-refractivity contribution in [2.24, 2.45) is 0 Å². The number of likely N-dealkylation sites (tertiary alicyclic amines) is 1. The Kier molecular flexibility index (Phi) is 4.61.